The highest BCUT2D eigenvalue weighted by Crippen LogP contribution is 2.15. The van der Waals surface area contributed by atoms with Gasteiger partial charge in [-0.1, -0.05) is 18.2 Å². The summed E-state index contributed by atoms with van der Waals surface area (Å²) in [6, 6.07) is 11.0. The van der Waals surface area contributed by atoms with Gasteiger partial charge >= 0.3 is 5.97 Å². The molecule has 2 aromatic rings. The Morgan fingerprint density at radius 1 is 1.21 bits per heavy atom. The summed E-state index contributed by atoms with van der Waals surface area (Å²) in [5, 5.41) is 11.6. The molecule has 2 N–H and O–H groups in total. The maximum atomic E-state index is 11.3. The van der Waals surface area contributed by atoms with E-state index >= 15 is 0 Å². The second-order valence-electron chi connectivity index (χ2n) is 3.80. The molecular formula is C13H12N2O4. The van der Waals surface area contributed by atoms with E-state index in [1.165, 1.54) is 0 Å². The smallest absolute Gasteiger partial charge is 0.322 e. The third kappa shape index (κ3) is 3.67. The number of amides is 1. The molecule has 0 atom stereocenters. The van der Waals surface area contributed by atoms with Gasteiger partial charge in [-0.15, -0.1) is 0 Å². The van der Waals surface area contributed by atoms with Gasteiger partial charge in [0.2, 0.25) is 5.88 Å². The second kappa shape index (κ2) is 5.81. The Bertz CT molecular complexity index is 612. The lowest BCUT2D eigenvalue weighted by molar-refractivity contribution is -0.138. The third-order valence-electron chi connectivity index (χ3n) is 2.36. The molecule has 1 aromatic heterocycles. The molecule has 0 aliphatic carbocycles. The lowest BCUT2D eigenvalue weighted by atomic mass is 10.2. The molecule has 0 radical (unpaired) electrons. The van der Waals surface area contributed by atoms with Crippen molar-refractivity contribution in [3.8, 4) is 5.88 Å². The fourth-order valence-electron chi connectivity index (χ4n) is 1.49. The Hall–Kier alpha value is -2.63. The number of pyridine rings is 1. The summed E-state index contributed by atoms with van der Waals surface area (Å²) in [4.78, 5) is 25.7. The van der Waals surface area contributed by atoms with E-state index in [1.807, 2.05) is 30.3 Å². The van der Waals surface area contributed by atoms with Crippen molar-refractivity contribution < 1.29 is 19.4 Å². The summed E-state index contributed by atoms with van der Waals surface area (Å²) in [5.74, 6) is -1.28. The van der Waals surface area contributed by atoms with Gasteiger partial charge in [0.25, 0.3) is 5.91 Å². The van der Waals surface area contributed by atoms with Crippen LogP contribution in [0.15, 0.2) is 36.4 Å². The van der Waals surface area contributed by atoms with Gasteiger partial charge in [-0.05, 0) is 12.1 Å². The lowest BCUT2D eigenvalue weighted by Gasteiger charge is -2.06. The number of carboxylic acid groups (broad SMARTS) is 1. The molecular weight excluding hydrogens is 248 g/mol. The van der Waals surface area contributed by atoms with Crippen LogP contribution < -0.4 is 10.1 Å². The van der Waals surface area contributed by atoms with E-state index in [-0.39, 0.29) is 6.61 Å². The first-order valence-corrected chi connectivity index (χ1v) is 5.62. The Kier molecular flexibility index (Phi) is 3.92. The standard InChI is InChI=1S/C13H12N2O4/c16-11(14-7-13(17)18)8-19-12-6-5-9-3-1-2-4-10(9)15-12/h1-6H,7-8H2,(H,14,16)(H,17,18). The zero-order chi connectivity index (χ0) is 13.7. The molecule has 6 heteroatoms. The summed E-state index contributed by atoms with van der Waals surface area (Å²) in [5.41, 5.74) is 0.769. The minimum atomic E-state index is -1.10. The van der Waals surface area contributed by atoms with Crippen molar-refractivity contribution in [2.45, 2.75) is 0 Å². The van der Waals surface area contributed by atoms with Crippen LogP contribution in [0.1, 0.15) is 0 Å². The Morgan fingerprint density at radius 2 is 2.00 bits per heavy atom. The zero-order valence-corrected chi connectivity index (χ0v) is 10.00. The van der Waals surface area contributed by atoms with E-state index in [0.717, 1.165) is 10.9 Å². The van der Waals surface area contributed by atoms with Crippen LogP contribution in [-0.2, 0) is 9.59 Å². The van der Waals surface area contributed by atoms with E-state index < -0.39 is 18.4 Å². The molecule has 0 bridgehead atoms. The number of aromatic nitrogens is 1. The third-order valence-corrected chi connectivity index (χ3v) is 2.36. The lowest BCUT2D eigenvalue weighted by Crippen LogP contribution is -2.33. The van der Waals surface area contributed by atoms with E-state index in [1.54, 1.807) is 6.07 Å². The van der Waals surface area contributed by atoms with Crippen LogP contribution in [0.25, 0.3) is 10.9 Å². The van der Waals surface area contributed by atoms with E-state index in [4.69, 9.17) is 9.84 Å². The van der Waals surface area contributed by atoms with Gasteiger partial charge < -0.3 is 15.2 Å². The normalized spacial score (nSPS) is 10.1. The molecule has 0 saturated carbocycles. The molecule has 0 saturated heterocycles. The summed E-state index contributed by atoms with van der Waals surface area (Å²) in [7, 11) is 0. The molecule has 0 spiro atoms. The second-order valence-corrected chi connectivity index (χ2v) is 3.80. The minimum Gasteiger partial charge on any atom is -0.480 e. The first kappa shape index (κ1) is 12.8. The summed E-state index contributed by atoms with van der Waals surface area (Å²) >= 11 is 0. The maximum Gasteiger partial charge on any atom is 0.322 e. The van der Waals surface area contributed by atoms with Crippen LogP contribution in [0.3, 0.4) is 0 Å². The number of benzene rings is 1. The first-order valence-electron chi connectivity index (χ1n) is 5.62. The van der Waals surface area contributed by atoms with Gasteiger partial charge in [0.15, 0.2) is 6.61 Å². The number of carboxylic acids is 1. The quantitative estimate of drug-likeness (QED) is 0.830. The average Bonchev–Trinajstić information content (AvgIpc) is 2.42. The number of nitrogens with one attached hydrogen (secondary N) is 1. The van der Waals surface area contributed by atoms with E-state index in [0.29, 0.717) is 5.88 Å². The predicted octanol–water partition coefficient (Wildman–Crippen LogP) is 0.814. The highest BCUT2D eigenvalue weighted by molar-refractivity contribution is 5.82. The van der Waals surface area contributed by atoms with Crippen molar-refractivity contribution in [1.82, 2.24) is 10.3 Å². The molecule has 2 rings (SSSR count). The molecule has 6 nitrogen and oxygen atoms in total. The van der Waals surface area contributed by atoms with Gasteiger partial charge in [-0.2, -0.15) is 0 Å². The van der Waals surface area contributed by atoms with E-state index in [2.05, 4.69) is 10.3 Å². The van der Waals surface area contributed by atoms with Crippen LogP contribution in [0.4, 0.5) is 0 Å². The molecule has 0 unspecified atom stereocenters. The van der Waals surface area contributed by atoms with Crippen LogP contribution in [-0.4, -0.2) is 35.1 Å². The van der Waals surface area contributed by atoms with E-state index in [9.17, 15) is 9.59 Å². The van der Waals surface area contributed by atoms with Crippen LogP contribution in [0.5, 0.6) is 5.88 Å². The molecule has 98 valence electrons. The number of ether oxygens (including phenoxy) is 1. The zero-order valence-electron chi connectivity index (χ0n) is 10.00. The Morgan fingerprint density at radius 3 is 2.79 bits per heavy atom. The first-order chi connectivity index (χ1) is 9.15. The summed E-state index contributed by atoms with van der Waals surface area (Å²) in [6.45, 7) is -0.689. The largest absolute Gasteiger partial charge is 0.480 e. The topological polar surface area (TPSA) is 88.5 Å². The number of aliphatic carboxylic acids is 1. The number of carbonyl (C=O) groups excluding carboxylic acids is 1. The van der Waals surface area contributed by atoms with Crippen LogP contribution >= 0.6 is 0 Å². The van der Waals surface area contributed by atoms with Crippen LogP contribution in [0, 0.1) is 0 Å². The fraction of sp³-hybridized carbons (Fsp3) is 0.154. The van der Waals surface area contributed by atoms with Gasteiger partial charge in [0, 0.05) is 11.5 Å². The number of hydrogen-bond acceptors (Lipinski definition) is 4. The molecule has 0 aliphatic heterocycles. The van der Waals surface area contributed by atoms with Crippen LogP contribution in [0.2, 0.25) is 0 Å². The van der Waals surface area contributed by atoms with Crippen molar-refractivity contribution in [2.75, 3.05) is 13.2 Å². The molecule has 1 aromatic carbocycles. The molecule has 1 amide bonds. The number of nitrogens with zero attached hydrogens (tertiary/aromatic N) is 1. The van der Waals surface area contributed by atoms with Crippen molar-refractivity contribution in [3.63, 3.8) is 0 Å². The number of hydrogen-bond donors (Lipinski definition) is 2. The van der Waals surface area contributed by atoms with Gasteiger partial charge in [0.1, 0.15) is 6.54 Å². The number of carbonyl (C=O) groups is 2. The Balaban J connectivity index is 1.94. The van der Waals surface area contributed by atoms with Gasteiger partial charge in [0.05, 0.1) is 5.52 Å². The van der Waals surface area contributed by atoms with Crippen molar-refractivity contribution >= 4 is 22.8 Å². The van der Waals surface area contributed by atoms with Crippen molar-refractivity contribution in [2.24, 2.45) is 0 Å². The minimum absolute atomic E-state index is 0.265. The molecule has 0 aliphatic rings. The number of fused-ring (bicyclic) bond motifs is 1. The summed E-state index contributed by atoms with van der Waals surface area (Å²) in [6.07, 6.45) is 0. The maximum absolute atomic E-state index is 11.3. The van der Waals surface area contributed by atoms with Crippen molar-refractivity contribution in [3.05, 3.63) is 36.4 Å². The summed E-state index contributed by atoms with van der Waals surface area (Å²) < 4.78 is 5.19. The highest BCUT2D eigenvalue weighted by Gasteiger charge is 2.05. The molecule has 19 heavy (non-hydrogen) atoms. The average molecular weight is 260 g/mol. The van der Waals surface area contributed by atoms with Gasteiger partial charge in [-0.25, -0.2) is 4.98 Å². The highest BCUT2D eigenvalue weighted by atomic mass is 16.5. The van der Waals surface area contributed by atoms with Gasteiger partial charge in [-0.3, -0.25) is 9.59 Å². The SMILES string of the molecule is O=C(O)CNC(=O)COc1ccc2ccccc2n1. The fourth-order valence-corrected chi connectivity index (χ4v) is 1.49. The van der Waals surface area contributed by atoms with Crippen molar-refractivity contribution in [1.29, 1.82) is 0 Å². The Labute approximate surface area is 109 Å². The number of para-hydroxylation sites is 1. The predicted molar refractivity (Wildman–Crippen MR) is 67.9 cm³/mol. The monoisotopic (exact) mass is 260 g/mol. The molecule has 1 heterocycles. The number of rotatable bonds is 5. The molecule has 0 fully saturated rings.